The van der Waals surface area contributed by atoms with Gasteiger partial charge >= 0.3 is 0 Å². The zero-order chi connectivity index (χ0) is 13.8. The Labute approximate surface area is 111 Å². The van der Waals surface area contributed by atoms with E-state index in [1.54, 1.807) is 0 Å². The highest BCUT2D eigenvalue weighted by Crippen LogP contribution is 2.28. The zero-order valence-electron chi connectivity index (χ0n) is 12.5. The topological polar surface area (TPSA) is 44.4 Å². The Bertz CT molecular complexity index is 270. The van der Waals surface area contributed by atoms with Gasteiger partial charge in [-0.2, -0.15) is 0 Å². The van der Waals surface area contributed by atoms with Gasteiger partial charge in [0.25, 0.3) is 0 Å². The number of nitrogens with one attached hydrogen (secondary N) is 2. The Morgan fingerprint density at radius 3 is 2.33 bits per heavy atom. The quantitative estimate of drug-likeness (QED) is 0.772. The molecule has 1 fully saturated rings. The van der Waals surface area contributed by atoms with Gasteiger partial charge in [0.05, 0.1) is 0 Å². The highest BCUT2D eigenvalue weighted by atomic mass is 16.2. The minimum absolute atomic E-state index is 0.190. The van der Waals surface area contributed by atoms with Crippen LogP contribution in [0.25, 0.3) is 0 Å². The van der Waals surface area contributed by atoms with Gasteiger partial charge < -0.3 is 15.5 Å². The van der Waals surface area contributed by atoms with Gasteiger partial charge in [0, 0.05) is 18.0 Å². The van der Waals surface area contributed by atoms with E-state index in [0.29, 0.717) is 5.92 Å². The van der Waals surface area contributed by atoms with Gasteiger partial charge in [-0.05, 0) is 45.9 Å². The molecule has 1 aliphatic heterocycles. The standard InChI is InChI=1S/C14H29N3O/c1-11(2)12(10-17(4)5)16-13(18)14(3)6-8-15-9-7-14/h11-12,15H,6-10H2,1-5H3,(H,16,18). The molecule has 0 bridgehead atoms. The molecule has 1 rings (SSSR count). The summed E-state index contributed by atoms with van der Waals surface area (Å²) in [7, 11) is 4.10. The van der Waals surface area contributed by atoms with E-state index in [2.05, 4.69) is 36.3 Å². The van der Waals surface area contributed by atoms with Crippen molar-refractivity contribution in [3.05, 3.63) is 0 Å². The molecule has 0 aromatic heterocycles. The van der Waals surface area contributed by atoms with E-state index in [9.17, 15) is 4.79 Å². The third-order valence-corrected chi connectivity index (χ3v) is 3.94. The van der Waals surface area contributed by atoms with Crippen molar-refractivity contribution in [2.45, 2.75) is 39.7 Å². The van der Waals surface area contributed by atoms with Gasteiger partial charge in [-0.3, -0.25) is 4.79 Å². The molecule has 0 aromatic carbocycles. The van der Waals surface area contributed by atoms with E-state index in [-0.39, 0.29) is 17.4 Å². The van der Waals surface area contributed by atoms with Crippen molar-refractivity contribution in [2.75, 3.05) is 33.7 Å². The van der Waals surface area contributed by atoms with Gasteiger partial charge in [0.1, 0.15) is 0 Å². The van der Waals surface area contributed by atoms with Crippen LogP contribution >= 0.6 is 0 Å². The molecule has 4 heteroatoms. The molecule has 1 amide bonds. The third kappa shape index (κ3) is 4.25. The maximum Gasteiger partial charge on any atom is 0.226 e. The summed E-state index contributed by atoms with van der Waals surface area (Å²) in [4.78, 5) is 14.6. The second-order valence-electron chi connectivity index (χ2n) is 6.40. The number of piperidine rings is 1. The maximum atomic E-state index is 12.5. The fraction of sp³-hybridized carbons (Fsp3) is 0.929. The van der Waals surface area contributed by atoms with Gasteiger partial charge in [0.15, 0.2) is 0 Å². The lowest BCUT2D eigenvalue weighted by molar-refractivity contribution is -0.132. The Balaban J connectivity index is 2.59. The van der Waals surface area contributed by atoms with Crippen LogP contribution in [-0.2, 0) is 4.79 Å². The smallest absolute Gasteiger partial charge is 0.226 e. The molecule has 0 aromatic rings. The molecule has 0 aliphatic carbocycles. The second-order valence-corrected chi connectivity index (χ2v) is 6.40. The van der Waals surface area contributed by atoms with Crippen LogP contribution in [0.5, 0.6) is 0 Å². The van der Waals surface area contributed by atoms with E-state index in [1.165, 1.54) is 0 Å². The zero-order valence-corrected chi connectivity index (χ0v) is 12.5. The van der Waals surface area contributed by atoms with Crippen LogP contribution in [0.1, 0.15) is 33.6 Å². The predicted molar refractivity (Wildman–Crippen MR) is 75.5 cm³/mol. The third-order valence-electron chi connectivity index (χ3n) is 3.94. The lowest BCUT2D eigenvalue weighted by atomic mass is 9.79. The van der Waals surface area contributed by atoms with Crippen molar-refractivity contribution in [2.24, 2.45) is 11.3 Å². The van der Waals surface area contributed by atoms with E-state index >= 15 is 0 Å². The van der Waals surface area contributed by atoms with E-state index in [0.717, 1.165) is 32.5 Å². The highest BCUT2D eigenvalue weighted by molar-refractivity contribution is 5.82. The molecule has 1 atom stereocenters. The Hall–Kier alpha value is -0.610. The number of amides is 1. The summed E-state index contributed by atoms with van der Waals surface area (Å²) in [6.45, 7) is 9.22. The summed E-state index contributed by atoms with van der Waals surface area (Å²) in [6, 6.07) is 0.235. The second kappa shape index (κ2) is 6.53. The summed E-state index contributed by atoms with van der Waals surface area (Å²) < 4.78 is 0. The molecular weight excluding hydrogens is 226 g/mol. The Morgan fingerprint density at radius 2 is 1.89 bits per heavy atom. The minimum atomic E-state index is -0.190. The average molecular weight is 255 g/mol. The Morgan fingerprint density at radius 1 is 1.33 bits per heavy atom. The molecule has 0 spiro atoms. The summed E-state index contributed by atoms with van der Waals surface area (Å²) in [5, 5.41) is 6.56. The largest absolute Gasteiger partial charge is 0.351 e. The monoisotopic (exact) mass is 255 g/mol. The van der Waals surface area contributed by atoms with Crippen molar-refractivity contribution in [3.8, 4) is 0 Å². The normalized spacial score (nSPS) is 21.1. The molecule has 0 radical (unpaired) electrons. The SMILES string of the molecule is CC(C)C(CN(C)C)NC(=O)C1(C)CCNCC1. The van der Waals surface area contributed by atoms with Crippen LogP contribution in [-0.4, -0.2) is 50.6 Å². The van der Waals surface area contributed by atoms with Crippen LogP contribution in [0.4, 0.5) is 0 Å². The highest BCUT2D eigenvalue weighted by Gasteiger charge is 2.35. The van der Waals surface area contributed by atoms with Crippen LogP contribution < -0.4 is 10.6 Å². The molecule has 0 saturated carbocycles. The lowest BCUT2D eigenvalue weighted by Crippen LogP contribution is -2.52. The molecule has 18 heavy (non-hydrogen) atoms. The van der Waals surface area contributed by atoms with E-state index in [1.807, 2.05) is 14.1 Å². The fourth-order valence-electron chi connectivity index (χ4n) is 2.36. The predicted octanol–water partition coefficient (Wildman–Crippen LogP) is 1.08. The number of hydrogen-bond donors (Lipinski definition) is 2. The maximum absolute atomic E-state index is 12.5. The molecule has 2 N–H and O–H groups in total. The number of likely N-dealkylation sites (N-methyl/N-ethyl adjacent to an activating group) is 1. The molecule has 1 saturated heterocycles. The summed E-state index contributed by atoms with van der Waals surface area (Å²) in [5.74, 6) is 0.686. The number of hydrogen-bond acceptors (Lipinski definition) is 3. The first-order valence-electron chi connectivity index (χ1n) is 7.01. The molecule has 1 unspecified atom stereocenters. The summed E-state index contributed by atoms with van der Waals surface area (Å²) in [6.07, 6.45) is 1.87. The van der Waals surface area contributed by atoms with Crippen LogP contribution in [0.2, 0.25) is 0 Å². The molecular formula is C14H29N3O. The number of carbonyl (C=O) groups is 1. The fourth-order valence-corrected chi connectivity index (χ4v) is 2.36. The molecule has 106 valence electrons. The number of carbonyl (C=O) groups excluding carboxylic acids is 1. The first-order chi connectivity index (χ1) is 8.35. The first-order valence-corrected chi connectivity index (χ1v) is 7.01. The van der Waals surface area contributed by atoms with E-state index in [4.69, 9.17) is 0 Å². The van der Waals surface area contributed by atoms with Gasteiger partial charge in [-0.25, -0.2) is 0 Å². The first kappa shape index (κ1) is 15.4. The van der Waals surface area contributed by atoms with E-state index < -0.39 is 0 Å². The van der Waals surface area contributed by atoms with Gasteiger partial charge in [-0.15, -0.1) is 0 Å². The van der Waals surface area contributed by atoms with Crippen LogP contribution in [0, 0.1) is 11.3 Å². The van der Waals surface area contributed by atoms with Crippen LogP contribution in [0.15, 0.2) is 0 Å². The lowest BCUT2D eigenvalue weighted by Gasteiger charge is -2.35. The molecule has 1 heterocycles. The van der Waals surface area contributed by atoms with Gasteiger partial charge in [-0.1, -0.05) is 20.8 Å². The number of rotatable bonds is 5. The van der Waals surface area contributed by atoms with Crippen molar-refractivity contribution < 1.29 is 4.79 Å². The minimum Gasteiger partial charge on any atom is -0.351 e. The van der Waals surface area contributed by atoms with Crippen LogP contribution in [0.3, 0.4) is 0 Å². The van der Waals surface area contributed by atoms with Crippen molar-refractivity contribution in [1.82, 2.24) is 15.5 Å². The average Bonchev–Trinajstić information content (AvgIpc) is 2.28. The van der Waals surface area contributed by atoms with Crippen molar-refractivity contribution >= 4 is 5.91 Å². The van der Waals surface area contributed by atoms with Crippen molar-refractivity contribution in [1.29, 1.82) is 0 Å². The Kier molecular flexibility index (Phi) is 5.60. The van der Waals surface area contributed by atoms with Crippen molar-refractivity contribution in [3.63, 3.8) is 0 Å². The molecule has 4 nitrogen and oxygen atoms in total. The molecule has 1 aliphatic rings. The van der Waals surface area contributed by atoms with Gasteiger partial charge in [0.2, 0.25) is 5.91 Å². The number of nitrogens with zero attached hydrogens (tertiary/aromatic N) is 1. The summed E-state index contributed by atoms with van der Waals surface area (Å²) >= 11 is 0. The summed E-state index contributed by atoms with van der Waals surface area (Å²) in [5.41, 5.74) is -0.190.